The average molecular weight is 411 g/mol. The molecule has 2 aromatic carbocycles. The van der Waals surface area contributed by atoms with E-state index in [1.165, 1.54) is 18.2 Å². The third-order valence-corrected chi connectivity index (χ3v) is 3.78. The molecule has 0 atom stereocenters. The number of H-pyrrole nitrogens is 1. The van der Waals surface area contributed by atoms with Gasteiger partial charge in [-0.3, -0.25) is 0 Å². The maximum absolute atomic E-state index is 13.6. The molecule has 0 saturated heterocycles. The number of halogens is 2. The fraction of sp³-hybridized carbons (Fsp3) is 0.0667. The second kappa shape index (κ2) is 5.91. The fourth-order valence-electron chi connectivity index (χ4n) is 2.06. The highest BCUT2D eigenvalue weighted by molar-refractivity contribution is 14.1. The summed E-state index contributed by atoms with van der Waals surface area (Å²) in [5.74, 6) is -0.946. The van der Waals surface area contributed by atoms with Crippen LogP contribution in [0, 0.1) is 16.3 Å². The van der Waals surface area contributed by atoms with E-state index in [0.29, 0.717) is 11.3 Å². The molecule has 0 unspecified atom stereocenters. The van der Waals surface area contributed by atoms with Crippen LogP contribution in [0.5, 0.6) is 0 Å². The van der Waals surface area contributed by atoms with Gasteiger partial charge in [0.05, 0.1) is 11.3 Å². The fourth-order valence-corrected chi connectivity index (χ4v) is 2.71. The molecule has 5 nitrogen and oxygen atoms in total. The Hall–Kier alpha value is -2.16. The summed E-state index contributed by atoms with van der Waals surface area (Å²) in [5, 5.41) is 9.14. The number of nitrogens with one attached hydrogen (secondary N) is 2. The van der Waals surface area contributed by atoms with E-state index in [4.69, 9.17) is 4.42 Å². The Balaban J connectivity index is 2.06. The lowest BCUT2D eigenvalue weighted by Gasteiger charge is -2.12. The van der Waals surface area contributed by atoms with E-state index in [1.807, 2.05) is 25.1 Å². The zero-order valence-electron chi connectivity index (χ0n) is 11.5. The predicted molar refractivity (Wildman–Crippen MR) is 89.7 cm³/mol. The number of hydrogen-bond donors (Lipinski definition) is 2. The Bertz CT molecular complexity index is 888. The van der Waals surface area contributed by atoms with E-state index >= 15 is 0 Å². The molecule has 2 N–H and O–H groups in total. The van der Waals surface area contributed by atoms with Crippen molar-refractivity contribution >= 4 is 34.0 Å². The SMILES string of the molecule is Cc1cc(I)ccc1Nc1cc(F)ccc1-c1n[nH]c(=O)o1. The standard InChI is InChI=1S/C15H11FIN3O2/c1-8-6-10(17)3-5-12(8)18-13-7-9(16)2-4-11(13)14-19-20-15(21)22-14/h2-7,18H,1H3,(H,20,21). The Labute approximate surface area is 138 Å². The Morgan fingerprint density at radius 2 is 2.05 bits per heavy atom. The van der Waals surface area contributed by atoms with Gasteiger partial charge in [0.15, 0.2) is 0 Å². The molecule has 0 aliphatic heterocycles. The first kappa shape index (κ1) is 14.8. The third kappa shape index (κ3) is 3.03. The van der Waals surface area contributed by atoms with E-state index < -0.39 is 11.6 Å². The number of aromatic amines is 1. The van der Waals surface area contributed by atoms with Crippen molar-refractivity contribution < 1.29 is 8.81 Å². The molecule has 1 aromatic heterocycles. The van der Waals surface area contributed by atoms with Crippen LogP contribution in [0.4, 0.5) is 15.8 Å². The normalized spacial score (nSPS) is 10.7. The van der Waals surface area contributed by atoms with Crippen molar-refractivity contribution in [2.75, 3.05) is 5.32 Å². The lowest BCUT2D eigenvalue weighted by Crippen LogP contribution is -1.97. The highest BCUT2D eigenvalue weighted by Crippen LogP contribution is 2.30. The van der Waals surface area contributed by atoms with Crippen LogP contribution < -0.4 is 11.1 Å². The second-order valence-corrected chi connectivity index (χ2v) is 5.94. The van der Waals surface area contributed by atoms with Gasteiger partial charge in [0.2, 0.25) is 0 Å². The average Bonchev–Trinajstić information content (AvgIpc) is 2.88. The highest BCUT2D eigenvalue weighted by Gasteiger charge is 2.13. The molecule has 22 heavy (non-hydrogen) atoms. The van der Waals surface area contributed by atoms with Gasteiger partial charge in [0.25, 0.3) is 5.89 Å². The molecule has 112 valence electrons. The first-order valence-corrected chi connectivity index (χ1v) is 7.49. The van der Waals surface area contributed by atoms with Gasteiger partial charge in [-0.1, -0.05) is 0 Å². The van der Waals surface area contributed by atoms with E-state index in [2.05, 4.69) is 38.1 Å². The van der Waals surface area contributed by atoms with E-state index in [-0.39, 0.29) is 5.89 Å². The summed E-state index contributed by atoms with van der Waals surface area (Å²) in [6.07, 6.45) is 0. The summed E-state index contributed by atoms with van der Waals surface area (Å²) >= 11 is 2.23. The van der Waals surface area contributed by atoms with Crippen LogP contribution in [0.1, 0.15) is 5.56 Å². The van der Waals surface area contributed by atoms with Crippen LogP contribution in [0.2, 0.25) is 0 Å². The van der Waals surface area contributed by atoms with Crippen molar-refractivity contribution in [3.63, 3.8) is 0 Å². The number of aromatic nitrogens is 2. The van der Waals surface area contributed by atoms with Gasteiger partial charge < -0.3 is 9.73 Å². The zero-order valence-corrected chi connectivity index (χ0v) is 13.6. The quantitative estimate of drug-likeness (QED) is 0.643. The first-order chi connectivity index (χ1) is 10.5. The van der Waals surface area contributed by atoms with Crippen molar-refractivity contribution in [2.45, 2.75) is 6.92 Å². The summed E-state index contributed by atoms with van der Waals surface area (Å²) in [4.78, 5) is 11.1. The molecular formula is C15H11FIN3O2. The lowest BCUT2D eigenvalue weighted by molar-refractivity contribution is 0.527. The molecule has 0 fully saturated rings. The van der Waals surface area contributed by atoms with Crippen LogP contribution in [0.25, 0.3) is 11.5 Å². The molecule has 0 bridgehead atoms. The summed E-state index contributed by atoms with van der Waals surface area (Å²) < 4.78 is 19.6. The van der Waals surface area contributed by atoms with Crippen LogP contribution in [-0.4, -0.2) is 10.2 Å². The molecule has 1 heterocycles. The lowest BCUT2D eigenvalue weighted by atomic mass is 10.1. The van der Waals surface area contributed by atoms with Crippen LogP contribution in [-0.2, 0) is 0 Å². The number of anilines is 2. The number of rotatable bonds is 3. The minimum Gasteiger partial charge on any atom is -0.388 e. The largest absolute Gasteiger partial charge is 0.434 e. The molecule has 7 heteroatoms. The van der Waals surface area contributed by atoms with E-state index in [0.717, 1.165) is 14.8 Å². The van der Waals surface area contributed by atoms with E-state index in [9.17, 15) is 9.18 Å². The Morgan fingerprint density at radius 1 is 1.23 bits per heavy atom. The second-order valence-electron chi connectivity index (χ2n) is 4.69. The van der Waals surface area contributed by atoms with Crippen LogP contribution in [0.3, 0.4) is 0 Å². The van der Waals surface area contributed by atoms with Crippen LogP contribution >= 0.6 is 22.6 Å². The Morgan fingerprint density at radius 3 is 2.73 bits per heavy atom. The number of hydrogen-bond acceptors (Lipinski definition) is 4. The molecular weight excluding hydrogens is 400 g/mol. The van der Waals surface area contributed by atoms with Crippen molar-refractivity contribution in [3.8, 4) is 11.5 Å². The third-order valence-electron chi connectivity index (χ3n) is 3.11. The molecule has 0 aliphatic carbocycles. The minimum absolute atomic E-state index is 0.107. The maximum atomic E-state index is 13.6. The summed E-state index contributed by atoms with van der Waals surface area (Å²) in [6, 6.07) is 10.0. The minimum atomic E-state index is -0.657. The van der Waals surface area contributed by atoms with Crippen LogP contribution in [0.15, 0.2) is 45.6 Å². The summed E-state index contributed by atoms with van der Waals surface area (Å²) in [7, 11) is 0. The monoisotopic (exact) mass is 411 g/mol. The smallest absolute Gasteiger partial charge is 0.388 e. The molecule has 3 rings (SSSR count). The number of benzene rings is 2. The van der Waals surface area contributed by atoms with Gasteiger partial charge >= 0.3 is 5.76 Å². The number of aryl methyl sites for hydroxylation is 1. The molecule has 0 aliphatic rings. The van der Waals surface area contributed by atoms with Gasteiger partial charge in [-0.2, -0.15) is 0 Å². The van der Waals surface area contributed by atoms with Gasteiger partial charge in [-0.05, 0) is 71.5 Å². The molecule has 0 amide bonds. The topological polar surface area (TPSA) is 70.9 Å². The molecule has 0 spiro atoms. The van der Waals surface area contributed by atoms with Crippen molar-refractivity contribution in [2.24, 2.45) is 0 Å². The molecule has 0 saturated carbocycles. The maximum Gasteiger partial charge on any atom is 0.434 e. The predicted octanol–water partition coefficient (Wildman–Crippen LogP) is 3.83. The van der Waals surface area contributed by atoms with Gasteiger partial charge in [0.1, 0.15) is 5.82 Å². The van der Waals surface area contributed by atoms with Gasteiger partial charge in [-0.25, -0.2) is 14.3 Å². The van der Waals surface area contributed by atoms with Crippen molar-refractivity contribution in [1.29, 1.82) is 0 Å². The molecule has 3 aromatic rings. The van der Waals surface area contributed by atoms with Gasteiger partial charge in [-0.15, -0.1) is 5.10 Å². The molecule has 0 radical (unpaired) electrons. The van der Waals surface area contributed by atoms with E-state index in [1.54, 1.807) is 0 Å². The summed E-state index contributed by atoms with van der Waals surface area (Å²) in [6.45, 7) is 1.96. The summed E-state index contributed by atoms with van der Waals surface area (Å²) in [5.41, 5.74) is 2.83. The zero-order chi connectivity index (χ0) is 15.7. The van der Waals surface area contributed by atoms with Crippen molar-refractivity contribution in [3.05, 3.63) is 61.9 Å². The van der Waals surface area contributed by atoms with Crippen molar-refractivity contribution in [1.82, 2.24) is 10.2 Å². The van der Waals surface area contributed by atoms with Gasteiger partial charge in [0, 0.05) is 9.26 Å². The Kier molecular flexibility index (Phi) is 3.97. The number of nitrogens with zero attached hydrogens (tertiary/aromatic N) is 1. The first-order valence-electron chi connectivity index (χ1n) is 6.41. The highest BCUT2D eigenvalue weighted by atomic mass is 127.